The molecular weight excluding hydrogens is 402 g/mol. The van der Waals surface area contributed by atoms with Gasteiger partial charge in [-0.25, -0.2) is 26.9 Å². The fraction of sp³-hybridized carbons (Fsp3) is 0.176. The lowest BCUT2D eigenvalue weighted by Gasteiger charge is -2.35. The third-order valence-electron chi connectivity index (χ3n) is 4.11. The number of alkyl halides is 2. The average molecular weight is 415 g/mol. The molecule has 0 aliphatic carbocycles. The number of aliphatic hydroxyl groups is 1. The molecule has 0 aliphatic rings. The van der Waals surface area contributed by atoms with Crippen LogP contribution in [0.4, 0.5) is 17.6 Å². The van der Waals surface area contributed by atoms with Gasteiger partial charge in [0.15, 0.2) is 5.60 Å². The van der Waals surface area contributed by atoms with Gasteiger partial charge in [-0.15, -0.1) is 0 Å². The maximum absolute atomic E-state index is 15.3. The smallest absolute Gasteiger partial charge is 0.376 e. The summed E-state index contributed by atoms with van der Waals surface area (Å²) in [6, 6.07) is 7.16. The van der Waals surface area contributed by atoms with Crippen molar-refractivity contribution in [3.05, 3.63) is 78.4 Å². The quantitative estimate of drug-likeness (QED) is 0.626. The highest BCUT2D eigenvalue weighted by Crippen LogP contribution is 2.46. The maximum atomic E-state index is 15.3. The van der Waals surface area contributed by atoms with Gasteiger partial charge in [0.05, 0.1) is 11.4 Å². The SMILES string of the molecule is O=S(=O)(c1ccccc1)C(F)(F)C(O)(Cn1cncn1)c1ccc(F)cc1F. The third-order valence-corrected chi connectivity index (χ3v) is 6.01. The monoisotopic (exact) mass is 415 g/mol. The van der Waals surface area contributed by atoms with Crippen LogP contribution in [-0.4, -0.2) is 33.5 Å². The Labute approximate surface area is 157 Å². The highest BCUT2D eigenvalue weighted by atomic mass is 32.2. The van der Waals surface area contributed by atoms with E-state index in [1.165, 1.54) is 18.2 Å². The van der Waals surface area contributed by atoms with E-state index >= 15 is 8.78 Å². The van der Waals surface area contributed by atoms with Crippen molar-refractivity contribution in [3.8, 4) is 0 Å². The Hall–Kier alpha value is -2.79. The Morgan fingerprint density at radius 2 is 1.75 bits per heavy atom. The maximum Gasteiger partial charge on any atom is 0.383 e. The molecule has 11 heteroatoms. The molecule has 1 unspecified atom stereocenters. The van der Waals surface area contributed by atoms with E-state index in [4.69, 9.17) is 0 Å². The Kier molecular flexibility index (Phi) is 4.98. The van der Waals surface area contributed by atoms with E-state index < -0.39 is 49.3 Å². The Morgan fingerprint density at radius 3 is 2.32 bits per heavy atom. The molecule has 0 saturated heterocycles. The Morgan fingerprint density at radius 1 is 1.07 bits per heavy atom. The van der Waals surface area contributed by atoms with Crippen LogP contribution in [0.2, 0.25) is 0 Å². The molecule has 0 fully saturated rings. The first-order valence-corrected chi connectivity index (χ1v) is 9.26. The molecule has 28 heavy (non-hydrogen) atoms. The van der Waals surface area contributed by atoms with Crippen molar-refractivity contribution in [2.45, 2.75) is 22.3 Å². The number of hydrogen-bond donors (Lipinski definition) is 1. The van der Waals surface area contributed by atoms with E-state index in [1.54, 1.807) is 0 Å². The second kappa shape index (κ2) is 6.99. The lowest BCUT2D eigenvalue weighted by atomic mass is 9.93. The molecule has 0 saturated carbocycles. The predicted molar refractivity (Wildman–Crippen MR) is 88.9 cm³/mol. The van der Waals surface area contributed by atoms with Crippen LogP contribution in [0.25, 0.3) is 0 Å². The van der Waals surface area contributed by atoms with Gasteiger partial charge >= 0.3 is 5.25 Å². The highest BCUT2D eigenvalue weighted by Gasteiger charge is 2.64. The van der Waals surface area contributed by atoms with Crippen molar-refractivity contribution >= 4 is 9.84 Å². The van der Waals surface area contributed by atoms with Crippen molar-refractivity contribution in [2.24, 2.45) is 0 Å². The molecule has 0 amide bonds. The zero-order chi connectivity index (χ0) is 20.6. The first-order valence-electron chi connectivity index (χ1n) is 7.77. The molecule has 0 spiro atoms. The van der Waals surface area contributed by atoms with Crippen LogP contribution >= 0.6 is 0 Å². The van der Waals surface area contributed by atoms with Gasteiger partial charge in [-0.2, -0.15) is 13.9 Å². The molecule has 1 atom stereocenters. The van der Waals surface area contributed by atoms with Crippen LogP contribution in [0.15, 0.2) is 66.1 Å². The van der Waals surface area contributed by atoms with Gasteiger partial charge in [-0.05, 0) is 24.3 Å². The minimum atomic E-state index is -5.48. The van der Waals surface area contributed by atoms with Crippen molar-refractivity contribution in [1.82, 2.24) is 14.8 Å². The zero-order valence-corrected chi connectivity index (χ0v) is 14.8. The third kappa shape index (κ3) is 3.16. The minimum absolute atomic E-state index is 0.271. The predicted octanol–water partition coefficient (Wildman–Crippen LogP) is 2.51. The molecule has 0 radical (unpaired) electrons. The summed E-state index contributed by atoms with van der Waals surface area (Å²) >= 11 is 0. The number of nitrogens with zero attached hydrogens (tertiary/aromatic N) is 3. The molecule has 0 bridgehead atoms. The highest BCUT2D eigenvalue weighted by molar-refractivity contribution is 7.92. The summed E-state index contributed by atoms with van der Waals surface area (Å²) in [6.45, 7) is -1.16. The van der Waals surface area contributed by atoms with E-state index in [-0.39, 0.29) is 6.07 Å². The van der Waals surface area contributed by atoms with Gasteiger partial charge in [-0.3, -0.25) is 0 Å². The number of sulfone groups is 1. The van der Waals surface area contributed by atoms with E-state index in [2.05, 4.69) is 10.1 Å². The van der Waals surface area contributed by atoms with Gasteiger partial charge in [0.1, 0.15) is 24.3 Å². The molecule has 6 nitrogen and oxygen atoms in total. The summed E-state index contributed by atoms with van der Waals surface area (Å²) in [5.41, 5.74) is -4.72. The minimum Gasteiger partial charge on any atom is -0.376 e. The van der Waals surface area contributed by atoms with Crippen LogP contribution in [-0.2, 0) is 22.0 Å². The fourth-order valence-electron chi connectivity index (χ4n) is 2.68. The van der Waals surface area contributed by atoms with E-state index in [0.717, 1.165) is 29.5 Å². The van der Waals surface area contributed by atoms with Crippen LogP contribution in [0.5, 0.6) is 0 Å². The first-order chi connectivity index (χ1) is 13.1. The van der Waals surface area contributed by atoms with Crippen molar-refractivity contribution < 1.29 is 31.1 Å². The summed E-state index contributed by atoms with van der Waals surface area (Å²) in [5, 5.41) is 9.52. The zero-order valence-electron chi connectivity index (χ0n) is 14.0. The number of halogens is 4. The summed E-state index contributed by atoms with van der Waals surface area (Å²) in [7, 11) is -5.48. The number of hydrogen-bond acceptors (Lipinski definition) is 5. The second-order valence-electron chi connectivity index (χ2n) is 5.91. The van der Waals surface area contributed by atoms with Gasteiger partial charge in [0, 0.05) is 11.6 Å². The number of aromatic nitrogens is 3. The Bertz CT molecular complexity index is 1080. The topological polar surface area (TPSA) is 85.1 Å². The summed E-state index contributed by atoms with van der Waals surface area (Å²) in [6.07, 6.45) is 1.91. The molecule has 1 aromatic heterocycles. The molecule has 3 rings (SSSR count). The van der Waals surface area contributed by atoms with Crippen LogP contribution < -0.4 is 0 Å². The van der Waals surface area contributed by atoms with Crippen molar-refractivity contribution in [1.29, 1.82) is 0 Å². The largest absolute Gasteiger partial charge is 0.383 e. The summed E-state index contributed by atoms with van der Waals surface area (Å²) in [4.78, 5) is 2.75. The van der Waals surface area contributed by atoms with Crippen LogP contribution in [0.3, 0.4) is 0 Å². The van der Waals surface area contributed by atoms with E-state index in [0.29, 0.717) is 12.1 Å². The van der Waals surface area contributed by atoms with Gasteiger partial charge in [-0.1, -0.05) is 18.2 Å². The molecule has 2 aromatic carbocycles. The molecule has 0 aliphatic heterocycles. The lowest BCUT2D eigenvalue weighted by molar-refractivity contribution is -0.145. The first kappa shape index (κ1) is 20.0. The van der Waals surface area contributed by atoms with Gasteiger partial charge in [0.25, 0.3) is 0 Å². The van der Waals surface area contributed by atoms with E-state index in [1.807, 2.05) is 0 Å². The molecule has 148 valence electrons. The standard InChI is InChI=1S/C17H13F4N3O3S/c18-12-6-7-14(15(19)8-12)16(25,9-24-11-22-10-23-24)17(20,21)28(26,27)13-4-2-1-3-5-13/h1-8,10-11,25H,9H2. The molecule has 1 N–H and O–H groups in total. The second-order valence-corrected chi connectivity index (χ2v) is 7.90. The number of rotatable bonds is 6. The molecular formula is C17H13F4N3O3S. The van der Waals surface area contributed by atoms with Gasteiger partial charge < -0.3 is 5.11 Å². The summed E-state index contributed by atoms with van der Waals surface area (Å²) < 4.78 is 84.2. The normalized spacial score (nSPS) is 14.6. The van der Waals surface area contributed by atoms with Crippen molar-refractivity contribution in [2.75, 3.05) is 0 Å². The van der Waals surface area contributed by atoms with Crippen LogP contribution in [0, 0.1) is 11.6 Å². The molecule has 1 heterocycles. The lowest BCUT2D eigenvalue weighted by Crippen LogP contribution is -2.53. The van der Waals surface area contributed by atoms with E-state index in [9.17, 15) is 22.3 Å². The Balaban J connectivity index is 2.23. The van der Waals surface area contributed by atoms with Gasteiger partial charge in [0.2, 0.25) is 9.84 Å². The van der Waals surface area contributed by atoms with Crippen LogP contribution in [0.1, 0.15) is 5.56 Å². The average Bonchev–Trinajstić information content (AvgIpc) is 3.14. The van der Waals surface area contributed by atoms with Crippen molar-refractivity contribution in [3.63, 3.8) is 0 Å². The molecule has 3 aromatic rings. The summed E-state index contributed by atoms with van der Waals surface area (Å²) in [5.74, 6) is -2.62. The number of benzene rings is 2. The fourth-order valence-corrected chi connectivity index (χ4v) is 4.11.